The lowest BCUT2D eigenvalue weighted by atomic mass is 9.89. The molecule has 1 rings (SSSR count). The van der Waals surface area contributed by atoms with Crippen LogP contribution in [0.3, 0.4) is 0 Å². The molecule has 0 radical (unpaired) electrons. The van der Waals surface area contributed by atoms with Crippen molar-refractivity contribution >= 4 is 11.9 Å². The van der Waals surface area contributed by atoms with E-state index in [-0.39, 0.29) is 11.1 Å². The van der Waals surface area contributed by atoms with Gasteiger partial charge in [0.05, 0.1) is 11.1 Å². The lowest BCUT2D eigenvalue weighted by Crippen LogP contribution is -2.15. The molecule has 0 fully saturated rings. The largest absolute Gasteiger partial charge is 0.478 e. The van der Waals surface area contributed by atoms with Gasteiger partial charge in [0, 0.05) is 0 Å². The zero-order valence-electron chi connectivity index (χ0n) is 9.71. The molecule has 4 heteroatoms. The van der Waals surface area contributed by atoms with Gasteiger partial charge in [0.25, 0.3) is 0 Å². The van der Waals surface area contributed by atoms with Gasteiger partial charge in [-0.1, -0.05) is 0 Å². The highest BCUT2D eigenvalue weighted by Gasteiger charge is 2.24. The van der Waals surface area contributed by atoms with Gasteiger partial charge in [-0.15, -0.1) is 0 Å². The second-order valence-electron chi connectivity index (χ2n) is 3.86. The first kappa shape index (κ1) is 12.2. The maximum absolute atomic E-state index is 11.1. The standard InChI is InChI=1S/C12H14O4/c1-5-6(2)8(4)10(12(15)16)9(7(5)3)11(13)14/h1-4H3,(H,13,14)(H,15,16). The van der Waals surface area contributed by atoms with Gasteiger partial charge in [-0.05, 0) is 49.9 Å². The van der Waals surface area contributed by atoms with Crippen molar-refractivity contribution in [2.24, 2.45) is 0 Å². The maximum Gasteiger partial charge on any atom is 0.336 e. The summed E-state index contributed by atoms with van der Waals surface area (Å²) in [4.78, 5) is 22.2. The quantitative estimate of drug-likeness (QED) is 0.805. The van der Waals surface area contributed by atoms with Gasteiger partial charge in [0.2, 0.25) is 0 Å². The maximum atomic E-state index is 11.1. The second kappa shape index (κ2) is 3.96. The van der Waals surface area contributed by atoms with Crippen LogP contribution in [0.5, 0.6) is 0 Å². The minimum absolute atomic E-state index is 0.104. The number of hydrogen-bond donors (Lipinski definition) is 2. The Bertz CT molecular complexity index is 442. The molecule has 16 heavy (non-hydrogen) atoms. The Morgan fingerprint density at radius 2 is 0.938 bits per heavy atom. The minimum atomic E-state index is -1.19. The van der Waals surface area contributed by atoms with Crippen LogP contribution in [0, 0.1) is 27.7 Å². The van der Waals surface area contributed by atoms with Gasteiger partial charge < -0.3 is 10.2 Å². The highest BCUT2D eigenvalue weighted by Crippen LogP contribution is 2.26. The molecule has 0 aromatic heterocycles. The number of benzene rings is 1. The number of carboxylic acid groups (broad SMARTS) is 2. The van der Waals surface area contributed by atoms with E-state index in [9.17, 15) is 9.59 Å². The lowest BCUT2D eigenvalue weighted by molar-refractivity contribution is 0.0650. The molecule has 2 N–H and O–H groups in total. The monoisotopic (exact) mass is 222 g/mol. The normalized spacial score (nSPS) is 10.2. The third-order valence-electron chi connectivity index (χ3n) is 3.12. The van der Waals surface area contributed by atoms with Crippen molar-refractivity contribution in [3.8, 4) is 0 Å². The van der Waals surface area contributed by atoms with Gasteiger partial charge in [0.1, 0.15) is 0 Å². The first-order chi connectivity index (χ1) is 7.29. The lowest BCUT2D eigenvalue weighted by Gasteiger charge is -2.15. The summed E-state index contributed by atoms with van der Waals surface area (Å²) in [6.07, 6.45) is 0. The SMILES string of the molecule is Cc1c(C)c(C)c(C(=O)O)c(C(=O)O)c1C. The molecule has 0 saturated carbocycles. The average Bonchev–Trinajstić information content (AvgIpc) is 2.18. The molecule has 0 aliphatic rings. The summed E-state index contributed by atoms with van der Waals surface area (Å²) >= 11 is 0. The van der Waals surface area contributed by atoms with E-state index in [2.05, 4.69) is 0 Å². The molecule has 0 heterocycles. The first-order valence-corrected chi connectivity index (χ1v) is 4.86. The third-order valence-corrected chi connectivity index (χ3v) is 3.12. The van der Waals surface area contributed by atoms with E-state index in [0.717, 1.165) is 11.1 Å². The van der Waals surface area contributed by atoms with Crippen molar-refractivity contribution in [3.63, 3.8) is 0 Å². The minimum Gasteiger partial charge on any atom is -0.478 e. The molecule has 0 unspecified atom stereocenters. The predicted molar refractivity (Wildman–Crippen MR) is 59.3 cm³/mol. The van der Waals surface area contributed by atoms with Gasteiger partial charge >= 0.3 is 11.9 Å². The van der Waals surface area contributed by atoms with Crippen molar-refractivity contribution in [1.82, 2.24) is 0 Å². The fourth-order valence-corrected chi connectivity index (χ4v) is 1.85. The molecule has 0 saturated heterocycles. The summed E-state index contributed by atoms with van der Waals surface area (Å²) in [5, 5.41) is 18.1. The summed E-state index contributed by atoms with van der Waals surface area (Å²) in [7, 11) is 0. The number of carbonyl (C=O) groups is 2. The summed E-state index contributed by atoms with van der Waals surface area (Å²) < 4.78 is 0. The zero-order chi connectivity index (χ0) is 12.6. The predicted octanol–water partition coefficient (Wildman–Crippen LogP) is 2.32. The van der Waals surface area contributed by atoms with E-state index < -0.39 is 11.9 Å². The van der Waals surface area contributed by atoms with Crippen molar-refractivity contribution in [3.05, 3.63) is 33.4 Å². The molecule has 0 spiro atoms. The van der Waals surface area contributed by atoms with Gasteiger partial charge in [0.15, 0.2) is 0 Å². The Hall–Kier alpha value is -1.84. The van der Waals surface area contributed by atoms with E-state index in [1.54, 1.807) is 27.7 Å². The molecule has 0 aliphatic carbocycles. The molecular weight excluding hydrogens is 208 g/mol. The van der Waals surface area contributed by atoms with Crippen LogP contribution in [0.1, 0.15) is 43.0 Å². The molecule has 0 aliphatic heterocycles. The van der Waals surface area contributed by atoms with E-state index in [4.69, 9.17) is 10.2 Å². The summed E-state index contributed by atoms with van der Waals surface area (Å²) in [6, 6.07) is 0. The summed E-state index contributed by atoms with van der Waals surface area (Å²) in [5.41, 5.74) is 2.50. The van der Waals surface area contributed by atoms with Crippen LogP contribution in [0.25, 0.3) is 0 Å². The number of aromatic carboxylic acids is 2. The number of carboxylic acids is 2. The van der Waals surface area contributed by atoms with Crippen LogP contribution in [-0.4, -0.2) is 22.2 Å². The van der Waals surface area contributed by atoms with Crippen molar-refractivity contribution in [2.45, 2.75) is 27.7 Å². The topological polar surface area (TPSA) is 74.6 Å². The van der Waals surface area contributed by atoms with Crippen LogP contribution >= 0.6 is 0 Å². The molecule has 4 nitrogen and oxygen atoms in total. The Balaban J connectivity index is 3.83. The molecular formula is C12H14O4. The van der Waals surface area contributed by atoms with Gasteiger partial charge in [-0.25, -0.2) is 9.59 Å². The van der Waals surface area contributed by atoms with E-state index >= 15 is 0 Å². The van der Waals surface area contributed by atoms with Crippen LogP contribution in [0.2, 0.25) is 0 Å². The molecule has 0 amide bonds. The molecule has 0 atom stereocenters. The van der Waals surface area contributed by atoms with Crippen LogP contribution < -0.4 is 0 Å². The highest BCUT2D eigenvalue weighted by atomic mass is 16.4. The number of rotatable bonds is 2. The van der Waals surface area contributed by atoms with Crippen LogP contribution in [-0.2, 0) is 0 Å². The molecule has 1 aromatic carbocycles. The Morgan fingerprint density at radius 3 is 1.12 bits per heavy atom. The van der Waals surface area contributed by atoms with Crippen molar-refractivity contribution in [2.75, 3.05) is 0 Å². The van der Waals surface area contributed by atoms with Crippen LogP contribution in [0.15, 0.2) is 0 Å². The van der Waals surface area contributed by atoms with Crippen molar-refractivity contribution in [1.29, 1.82) is 0 Å². The Kier molecular flexibility index (Phi) is 3.03. The fourth-order valence-electron chi connectivity index (χ4n) is 1.85. The van der Waals surface area contributed by atoms with E-state index in [0.29, 0.717) is 11.1 Å². The van der Waals surface area contributed by atoms with E-state index in [1.165, 1.54) is 0 Å². The molecule has 86 valence electrons. The van der Waals surface area contributed by atoms with Crippen LogP contribution in [0.4, 0.5) is 0 Å². The summed E-state index contributed by atoms with van der Waals surface area (Å²) in [5.74, 6) is -2.39. The van der Waals surface area contributed by atoms with E-state index in [1.807, 2.05) is 0 Å². The Labute approximate surface area is 93.5 Å². The third kappa shape index (κ3) is 1.66. The summed E-state index contributed by atoms with van der Waals surface area (Å²) in [6.45, 7) is 6.88. The zero-order valence-corrected chi connectivity index (χ0v) is 9.71. The fraction of sp³-hybridized carbons (Fsp3) is 0.333. The number of hydrogen-bond acceptors (Lipinski definition) is 2. The Morgan fingerprint density at radius 1 is 0.688 bits per heavy atom. The smallest absolute Gasteiger partial charge is 0.336 e. The first-order valence-electron chi connectivity index (χ1n) is 4.86. The van der Waals surface area contributed by atoms with Crippen molar-refractivity contribution < 1.29 is 19.8 Å². The molecule has 1 aromatic rings. The molecule has 0 bridgehead atoms. The van der Waals surface area contributed by atoms with Gasteiger partial charge in [-0.3, -0.25) is 0 Å². The van der Waals surface area contributed by atoms with Gasteiger partial charge in [-0.2, -0.15) is 0 Å². The highest BCUT2D eigenvalue weighted by molar-refractivity contribution is 6.04. The average molecular weight is 222 g/mol. The second-order valence-corrected chi connectivity index (χ2v) is 3.86.